The summed E-state index contributed by atoms with van der Waals surface area (Å²) < 4.78 is 2.12. The maximum absolute atomic E-state index is 9.00. The molecule has 0 saturated heterocycles. The zero-order valence-electron chi connectivity index (χ0n) is 11.1. The lowest BCUT2D eigenvalue weighted by Gasteiger charge is -2.06. The van der Waals surface area contributed by atoms with Crippen LogP contribution in [0.1, 0.15) is 31.7 Å². The number of halogens is 2. The van der Waals surface area contributed by atoms with Crippen LogP contribution >= 0.6 is 23.2 Å². The number of benzene rings is 1. The molecule has 2 rings (SSSR count). The fraction of sp³-hybridized carbons (Fsp3) is 0.467. The number of hydrogen-bond acceptors (Lipinski definition) is 1. The van der Waals surface area contributed by atoms with E-state index >= 15 is 0 Å². The van der Waals surface area contributed by atoms with Crippen LogP contribution in [0.25, 0.3) is 10.9 Å². The van der Waals surface area contributed by atoms with Gasteiger partial charge in [0.25, 0.3) is 0 Å². The second-order valence-electron chi connectivity index (χ2n) is 4.79. The van der Waals surface area contributed by atoms with Crippen LogP contribution in [0.4, 0.5) is 0 Å². The predicted octanol–water partition coefficient (Wildman–Crippen LogP) is 4.67. The molecule has 0 bridgehead atoms. The molecule has 2 aromatic rings. The Kier molecular flexibility index (Phi) is 5.14. The van der Waals surface area contributed by atoms with Crippen LogP contribution in [0.5, 0.6) is 0 Å². The lowest BCUT2D eigenvalue weighted by Crippen LogP contribution is -1.98. The number of aryl methyl sites for hydroxylation is 2. The second kappa shape index (κ2) is 6.65. The van der Waals surface area contributed by atoms with Crippen LogP contribution in [0.15, 0.2) is 18.3 Å². The van der Waals surface area contributed by atoms with E-state index in [1.165, 1.54) is 23.8 Å². The number of fused-ring (bicyclic) bond motifs is 1. The molecule has 0 aliphatic heterocycles. The van der Waals surface area contributed by atoms with Crippen molar-refractivity contribution in [2.24, 2.45) is 0 Å². The van der Waals surface area contributed by atoms with Crippen molar-refractivity contribution in [2.45, 2.75) is 39.2 Å². The average molecular weight is 300 g/mol. The van der Waals surface area contributed by atoms with Crippen LogP contribution < -0.4 is 0 Å². The molecule has 1 aromatic heterocycles. The zero-order chi connectivity index (χ0) is 13.8. The van der Waals surface area contributed by atoms with E-state index in [9.17, 15) is 0 Å². The standard InChI is InChI=1S/C15H19Cl2NO/c1-2-3-5-11-10-18(8-4-9-19)15-12(11)6-7-13(16)14(15)17/h6-7,10,19H,2-5,8-9H2,1H3. The first kappa shape index (κ1) is 14.7. The Labute approximate surface area is 123 Å². The Morgan fingerprint density at radius 3 is 2.68 bits per heavy atom. The first-order valence-corrected chi connectivity index (χ1v) is 7.51. The van der Waals surface area contributed by atoms with Gasteiger partial charge in [-0.15, -0.1) is 0 Å². The molecule has 104 valence electrons. The van der Waals surface area contributed by atoms with Crippen molar-refractivity contribution in [3.8, 4) is 0 Å². The lowest BCUT2D eigenvalue weighted by atomic mass is 10.1. The minimum Gasteiger partial charge on any atom is -0.396 e. The third kappa shape index (κ3) is 3.07. The van der Waals surface area contributed by atoms with Crippen molar-refractivity contribution in [1.29, 1.82) is 0 Å². The number of rotatable bonds is 6. The summed E-state index contributed by atoms with van der Waals surface area (Å²) in [6.07, 6.45) is 6.26. The number of nitrogens with zero attached hydrogens (tertiary/aromatic N) is 1. The van der Waals surface area contributed by atoms with E-state index in [-0.39, 0.29) is 6.61 Å². The summed E-state index contributed by atoms with van der Waals surface area (Å²) >= 11 is 12.5. The van der Waals surface area contributed by atoms with Crippen molar-refractivity contribution < 1.29 is 5.11 Å². The van der Waals surface area contributed by atoms with E-state index < -0.39 is 0 Å². The first-order chi connectivity index (χ1) is 9.19. The molecule has 0 atom stereocenters. The molecular weight excluding hydrogens is 281 g/mol. The molecule has 0 fully saturated rings. The smallest absolute Gasteiger partial charge is 0.0835 e. The number of unbranched alkanes of at least 4 members (excludes halogenated alkanes) is 1. The fourth-order valence-electron chi connectivity index (χ4n) is 2.39. The largest absolute Gasteiger partial charge is 0.396 e. The quantitative estimate of drug-likeness (QED) is 0.823. The van der Waals surface area contributed by atoms with E-state index in [0.29, 0.717) is 10.0 Å². The average Bonchev–Trinajstić information content (AvgIpc) is 2.77. The summed E-state index contributed by atoms with van der Waals surface area (Å²) in [5, 5.41) is 11.4. The summed E-state index contributed by atoms with van der Waals surface area (Å²) in [5.74, 6) is 0. The Morgan fingerprint density at radius 1 is 1.21 bits per heavy atom. The summed E-state index contributed by atoms with van der Waals surface area (Å²) in [5.41, 5.74) is 2.31. The van der Waals surface area contributed by atoms with Crippen LogP contribution in [0, 0.1) is 0 Å². The predicted molar refractivity (Wildman–Crippen MR) is 82.3 cm³/mol. The zero-order valence-corrected chi connectivity index (χ0v) is 12.6. The molecule has 0 spiro atoms. The van der Waals surface area contributed by atoms with Gasteiger partial charge in [-0.2, -0.15) is 0 Å². The molecule has 0 unspecified atom stereocenters. The van der Waals surface area contributed by atoms with Crippen molar-refractivity contribution in [3.63, 3.8) is 0 Å². The van der Waals surface area contributed by atoms with Gasteiger partial charge in [-0.05, 0) is 30.9 Å². The molecular formula is C15H19Cl2NO. The molecule has 2 nitrogen and oxygen atoms in total. The van der Waals surface area contributed by atoms with E-state index in [0.717, 1.165) is 24.9 Å². The molecule has 0 radical (unpaired) electrons. The minimum atomic E-state index is 0.183. The molecule has 0 aliphatic carbocycles. The normalized spacial score (nSPS) is 11.4. The van der Waals surface area contributed by atoms with Gasteiger partial charge in [0.1, 0.15) is 0 Å². The maximum Gasteiger partial charge on any atom is 0.0835 e. The Balaban J connectivity index is 2.49. The van der Waals surface area contributed by atoms with E-state index in [1.807, 2.05) is 12.1 Å². The second-order valence-corrected chi connectivity index (χ2v) is 5.57. The highest BCUT2D eigenvalue weighted by Gasteiger charge is 2.13. The van der Waals surface area contributed by atoms with Gasteiger partial charge in [0, 0.05) is 24.7 Å². The molecule has 1 heterocycles. The highest BCUT2D eigenvalue weighted by atomic mass is 35.5. The van der Waals surface area contributed by atoms with Crippen molar-refractivity contribution >= 4 is 34.1 Å². The Bertz CT molecular complexity index is 563. The van der Waals surface area contributed by atoms with Gasteiger partial charge < -0.3 is 9.67 Å². The fourth-order valence-corrected chi connectivity index (χ4v) is 2.81. The van der Waals surface area contributed by atoms with Gasteiger partial charge >= 0.3 is 0 Å². The Morgan fingerprint density at radius 2 is 2.00 bits per heavy atom. The van der Waals surface area contributed by atoms with Gasteiger partial charge in [-0.3, -0.25) is 0 Å². The SMILES string of the molecule is CCCCc1cn(CCCO)c2c(Cl)c(Cl)ccc12. The molecule has 0 saturated carbocycles. The highest BCUT2D eigenvalue weighted by molar-refractivity contribution is 6.45. The van der Waals surface area contributed by atoms with Crippen molar-refractivity contribution in [2.75, 3.05) is 6.61 Å². The number of aliphatic hydroxyl groups is 1. The molecule has 0 amide bonds. The van der Waals surface area contributed by atoms with Gasteiger partial charge in [-0.25, -0.2) is 0 Å². The summed E-state index contributed by atoms with van der Waals surface area (Å²) in [4.78, 5) is 0. The molecule has 4 heteroatoms. The van der Waals surface area contributed by atoms with E-state index in [2.05, 4.69) is 17.7 Å². The van der Waals surface area contributed by atoms with Gasteiger partial charge in [-0.1, -0.05) is 42.6 Å². The van der Waals surface area contributed by atoms with Crippen LogP contribution in [-0.4, -0.2) is 16.3 Å². The summed E-state index contributed by atoms with van der Waals surface area (Å²) in [6.45, 7) is 3.14. The molecule has 19 heavy (non-hydrogen) atoms. The number of aromatic nitrogens is 1. The maximum atomic E-state index is 9.00. The van der Waals surface area contributed by atoms with E-state index in [4.69, 9.17) is 28.3 Å². The lowest BCUT2D eigenvalue weighted by molar-refractivity contribution is 0.280. The molecule has 1 aromatic carbocycles. The molecule has 0 aliphatic rings. The van der Waals surface area contributed by atoms with Crippen LogP contribution in [0.3, 0.4) is 0 Å². The first-order valence-electron chi connectivity index (χ1n) is 6.75. The summed E-state index contributed by atoms with van der Waals surface area (Å²) in [6, 6.07) is 3.90. The van der Waals surface area contributed by atoms with E-state index in [1.54, 1.807) is 0 Å². The topological polar surface area (TPSA) is 25.2 Å². The number of aliphatic hydroxyl groups excluding tert-OH is 1. The van der Waals surface area contributed by atoms with Crippen LogP contribution in [-0.2, 0) is 13.0 Å². The van der Waals surface area contributed by atoms with Gasteiger partial charge in [0.15, 0.2) is 0 Å². The number of hydrogen-bond donors (Lipinski definition) is 1. The Hall–Kier alpha value is -0.700. The van der Waals surface area contributed by atoms with Gasteiger partial charge in [0.05, 0.1) is 15.6 Å². The third-order valence-corrected chi connectivity index (χ3v) is 4.16. The van der Waals surface area contributed by atoms with Crippen molar-refractivity contribution in [1.82, 2.24) is 4.57 Å². The minimum absolute atomic E-state index is 0.183. The monoisotopic (exact) mass is 299 g/mol. The van der Waals surface area contributed by atoms with Crippen molar-refractivity contribution in [3.05, 3.63) is 33.9 Å². The third-order valence-electron chi connectivity index (χ3n) is 3.37. The van der Waals surface area contributed by atoms with Gasteiger partial charge in [0.2, 0.25) is 0 Å². The molecule has 1 N–H and O–H groups in total. The highest BCUT2D eigenvalue weighted by Crippen LogP contribution is 2.34. The van der Waals surface area contributed by atoms with Crippen LogP contribution in [0.2, 0.25) is 10.0 Å². The summed E-state index contributed by atoms with van der Waals surface area (Å²) in [7, 11) is 0.